The summed E-state index contributed by atoms with van der Waals surface area (Å²) in [7, 11) is 0. The number of hydrogen-bond acceptors (Lipinski definition) is 4. The van der Waals surface area contributed by atoms with Gasteiger partial charge in [-0.1, -0.05) is 11.6 Å². The smallest absolute Gasteiger partial charge is 0.322 e. The van der Waals surface area contributed by atoms with Crippen LogP contribution >= 0.6 is 23.4 Å². The van der Waals surface area contributed by atoms with Crippen molar-refractivity contribution in [3.8, 4) is 0 Å². The van der Waals surface area contributed by atoms with Crippen molar-refractivity contribution in [2.75, 3.05) is 12.4 Å². The zero-order valence-corrected chi connectivity index (χ0v) is 12.3. The summed E-state index contributed by atoms with van der Waals surface area (Å²) in [6, 6.07) is 3.68. The Balaban J connectivity index is 2.31. The van der Waals surface area contributed by atoms with E-state index in [9.17, 15) is 9.18 Å². The number of carbonyl (C=O) groups is 1. The molecule has 0 heterocycles. The average Bonchev–Trinajstić information content (AvgIpc) is 2.38. The van der Waals surface area contributed by atoms with Crippen molar-refractivity contribution >= 4 is 29.3 Å². The summed E-state index contributed by atoms with van der Waals surface area (Å²) in [5.74, 6) is 0.592. The topological polar surface area (TPSA) is 52.3 Å². The van der Waals surface area contributed by atoms with Gasteiger partial charge in [0.05, 0.1) is 6.61 Å². The number of thioether (sulfide) groups is 1. The summed E-state index contributed by atoms with van der Waals surface area (Å²) in [6.07, 6.45) is 0.524. The highest BCUT2D eigenvalue weighted by Crippen LogP contribution is 2.22. The predicted octanol–water partition coefficient (Wildman–Crippen LogP) is 2.99. The van der Waals surface area contributed by atoms with Crippen molar-refractivity contribution in [3.63, 3.8) is 0 Å². The molecule has 0 aliphatic heterocycles. The van der Waals surface area contributed by atoms with Gasteiger partial charge in [0.25, 0.3) is 0 Å². The van der Waals surface area contributed by atoms with Crippen LogP contribution in [0.4, 0.5) is 4.39 Å². The molecular formula is C13H17ClFNO2S. The second-order valence-corrected chi connectivity index (χ2v) is 5.45. The molecule has 0 aliphatic rings. The van der Waals surface area contributed by atoms with E-state index in [1.165, 1.54) is 18.2 Å². The fourth-order valence-electron chi connectivity index (χ4n) is 1.41. The minimum Gasteiger partial charge on any atom is -0.465 e. The highest BCUT2D eigenvalue weighted by atomic mass is 35.5. The van der Waals surface area contributed by atoms with E-state index in [0.29, 0.717) is 29.6 Å². The van der Waals surface area contributed by atoms with Gasteiger partial charge in [-0.15, -0.1) is 0 Å². The number of carbonyl (C=O) groups excluding carboxylic acids is 1. The molecule has 0 bridgehead atoms. The highest BCUT2D eigenvalue weighted by Gasteiger charge is 2.13. The van der Waals surface area contributed by atoms with Crippen molar-refractivity contribution in [2.24, 2.45) is 5.73 Å². The molecule has 1 rings (SSSR count). The molecule has 1 atom stereocenters. The fourth-order valence-corrected chi connectivity index (χ4v) is 2.70. The van der Waals surface area contributed by atoms with E-state index in [2.05, 4.69) is 0 Å². The molecule has 0 fully saturated rings. The van der Waals surface area contributed by atoms with Crippen LogP contribution in [-0.4, -0.2) is 24.4 Å². The molecule has 0 radical (unpaired) electrons. The van der Waals surface area contributed by atoms with Gasteiger partial charge in [-0.2, -0.15) is 11.8 Å². The first kappa shape index (κ1) is 16.3. The van der Waals surface area contributed by atoms with Gasteiger partial charge < -0.3 is 10.5 Å². The van der Waals surface area contributed by atoms with Gasteiger partial charge in [0.2, 0.25) is 0 Å². The van der Waals surface area contributed by atoms with Crippen molar-refractivity contribution in [1.82, 2.24) is 0 Å². The molecule has 6 heteroatoms. The lowest BCUT2D eigenvalue weighted by Gasteiger charge is -2.10. The second kappa shape index (κ2) is 8.40. The van der Waals surface area contributed by atoms with Crippen LogP contribution in [0.15, 0.2) is 18.2 Å². The van der Waals surface area contributed by atoms with E-state index in [1.807, 2.05) is 0 Å². The zero-order chi connectivity index (χ0) is 14.3. The zero-order valence-electron chi connectivity index (χ0n) is 10.7. The van der Waals surface area contributed by atoms with E-state index < -0.39 is 6.04 Å². The number of nitrogens with two attached hydrogens (primary N) is 1. The number of esters is 1. The molecule has 0 amide bonds. The molecule has 2 N–H and O–H groups in total. The van der Waals surface area contributed by atoms with Gasteiger partial charge in [-0.05, 0) is 42.9 Å². The lowest BCUT2D eigenvalue weighted by Crippen LogP contribution is -2.32. The van der Waals surface area contributed by atoms with Crippen LogP contribution < -0.4 is 5.73 Å². The Morgan fingerprint density at radius 1 is 1.58 bits per heavy atom. The Labute approximate surface area is 121 Å². The van der Waals surface area contributed by atoms with Crippen LogP contribution in [0.1, 0.15) is 18.9 Å². The van der Waals surface area contributed by atoms with Crippen molar-refractivity contribution in [3.05, 3.63) is 34.6 Å². The maximum atomic E-state index is 13.0. The van der Waals surface area contributed by atoms with E-state index >= 15 is 0 Å². The van der Waals surface area contributed by atoms with Gasteiger partial charge in [0.15, 0.2) is 0 Å². The third-order valence-corrected chi connectivity index (χ3v) is 3.84. The van der Waals surface area contributed by atoms with Gasteiger partial charge in [-0.25, -0.2) is 4.39 Å². The molecule has 3 nitrogen and oxygen atoms in total. The Bertz CT molecular complexity index is 431. The summed E-state index contributed by atoms with van der Waals surface area (Å²) >= 11 is 7.50. The Hall–Kier alpha value is -0.780. The van der Waals surface area contributed by atoms with Crippen LogP contribution in [0, 0.1) is 5.82 Å². The van der Waals surface area contributed by atoms with Crippen molar-refractivity contribution in [1.29, 1.82) is 0 Å². The minimum atomic E-state index is -0.601. The van der Waals surface area contributed by atoms with E-state index in [1.54, 1.807) is 18.7 Å². The number of benzene rings is 1. The van der Waals surface area contributed by atoms with Crippen LogP contribution in [0.5, 0.6) is 0 Å². The number of halogens is 2. The number of ether oxygens (including phenoxy) is 1. The molecule has 19 heavy (non-hydrogen) atoms. The summed E-state index contributed by atoms with van der Waals surface area (Å²) < 4.78 is 17.8. The Morgan fingerprint density at radius 2 is 2.32 bits per heavy atom. The van der Waals surface area contributed by atoms with Crippen molar-refractivity contribution < 1.29 is 13.9 Å². The fraction of sp³-hybridized carbons (Fsp3) is 0.462. The van der Waals surface area contributed by atoms with Gasteiger partial charge >= 0.3 is 5.97 Å². The molecular weight excluding hydrogens is 289 g/mol. The summed E-state index contributed by atoms with van der Waals surface area (Å²) in [5, 5.41) is 0.545. The number of rotatable bonds is 7. The van der Waals surface area contributed by atoms with Gasteiger partial charge in [-0.3, -0.25) is 4.79 Å². The van der Waals surface area contributed by atoms with E-state index in [0.717, 1.165) is 5.56 Å². The molecule has 0 saturated heterocycles. The van der Waals surface area contributed by atoms with Crippen molar-refractivity contribution in [2.45, 2.75) is 25.1 Å². The maximum absolute atomic E-state index is 13.0. The number of hydrogen-bond donors (Lipinski definition) is 1. The molecule has 0 aliphatic carbocycles. The Morgan fingerprint density at radius 3 is 3.00 bits per heavy atom. The second-order valence-electron chi connectivity index (χ2n) is 3.94. The molecule has 1 aromatic carbocycles. The van der Waals surface area contributed by atoms with Crippen LogP contribution in [0.3, 0.4) is 0 Å². The first-order chi connectivity index (χ1) is 9.04. The third-order valence-electron chi connectivity index (χ3n) is 2.43. The first-order valence-corrected chi connectivity index (χ1v) is 7.51. The van der Waals surface area contributed by atoms with Gasteiger partial charge in [0, 0.05) is 10.8 Å². The summed E-state index contributed by atoms with van der Waals surface area (Å²) in [4.78, 5) is 11.3. The normalized spacial score (nSPS) is 12.2. The molecule has 106 valence electrons. The molecule has 0 aromatic heterocycles. The molecule has 1 unspecified atom stereocenters. The SMILES string of the molecule is CCOC(=O)C(N)CCSCc1cc(F)ccc1Cl. The monoisotopic (exact) mass is 305 g/mol. The minimum absolute atomic E-state index is 0.303. The first-order valence-electron chi connectivity index (χ1n) is 5.98. The highest BCUT2D eigenvalue weighted by molar-refractivity contribution is 7.98. The van der Waals surface area contributed by atoms with Crippen LogP contribution in [0.2, 0.25) is 5.02 Å². The summed E-state index contributed by atoms with van der Waals surface area (Å²) in [5.41, 5.74) is 6.41. The average molecular weight is 306 g/mol. The lowest BCUT2D eigenvalue weighted by atomic mass is 10.2. The molecule has 1 aromatic rings. The van der Waals surface area contributed by atoms with E-state index in [4.69, 9.17) is 22.1 Å². The molecule has 0 spiro atoms. The maximum Gasteiger partial charge on any atom is 0.322 e. The largest absolute Gasteiger partial charge is 0.465 e. The van der Waals surface area contributed by atoms with Crippen LogP contribution in [-0.2, 0) is 15.3 Å². The quantitative estimate of drug-likeness (QED) is 0.621. The van der Waals surface area contributed by atoms with Crippen LogP contribution in [0.25, 0.3) is 0 Å². The lowest BCUT2D eigenvalue weighted by molar-refractivity contribution is -0.144. The summed E-state index contributed by atoms with van der Waals surface area (Å²) in [6.45, 7) is 2.07. The van der Waals surface area contributed by atoms with Gasteiger partial charge in [0.1, 0.15) is 11.9 Å². The standard InChI is InChI=1S/C13H17ClFNO2S/c1-2-18-13(17)12(16)5-6-19-8-9-7-10(15)3-4-11(9)14/h3-4,7,12H,2,5-6,8,16H2,1H3. The molecule has 0 saturated carbocycles. The Kier molecular flexibility index (Phi) is 7.20. The predicted molar refractivity (Wildman–Crippen MR) is 76.8 cm³/mol. The third kappa shape index (κ3) is 5.80. The van der Waals surface area contributed by atoms with E-state index in [-0.39, 0.29) is 11.8 Å².